The standard InChI is InChI=1S/C27H49N3O2/c1-4-5-6-24-25(32)29(21-22-7-9-23(31)10-8-22)18-13-27(24)14-19-30(20-15-27)26(2)11-16-28(3)17-12-26/h22-24,31H,4-21H2,1-3H3/t22-,23-,24?. The molecule has 32 heavy (non-hydrogen) atoms. The van der Waals surface area contributed by atoms with Crippen LogP contribution in [-0.2, 0) is 4.79 Å². The second kappa shape index (κ2) is 10.3. The van der Waals surface area contributed by atoms with Crippen molar-refractivity contribution in [1.82, 2.24) is 14.7 Å². The van der Waals surface area contributed by atoms with Gasteiger partial charge in [-0.3, -0.25) is 9.69 Å². The molecule has 1 unspecified atom stereocenters. The van der Waals surface area contributed by atoms with Crippen molar-refractivity contribution in [1.29, 1.82) is 0 Å². The third-order valence-corrected chi connectivity index (χ3v) is 9.96. The highest BCUT2D eigenvalue weighted by Crippen LogP contribution is 2.49. The zero-order chi connectivity index (χ0) is 22.8. The van der Waals surface area contributed by atoms with Crippen molar-refractivity contribution < 1.29 is 9.90 Å². The van der Waals surface area contributed by atoms with Gasteiger partial charge in [0, 0.05) is 24.5 Å². The van der Waals surface area contributed by atoms with Gasteiger partial charge in [-0.05, 0) is 116 Å². The Hall–Kier alpha value is -0.650. The highest BCUT2D eigenvalue weighted by atomic mass is 16.3. The van der Waals surface area contributed by atoms with Crippen molar-refractivity contribution in [3.63, 3.8) is 0 Å². The lowest BCUT2D eigenvalue weighted by Gasteiger charge is -2.55. The van der Waals surface area contributed by atoms with Crippen LogP contribution in [0.3, 0.4) is 0 Å². The van der Waals surface area contributed by atoms with E-state index in [1.807, 2.05) is 0 Å². The predicted molar refractivity (Wildman–Crippen MR) is 131 cm³/mol. The summed E-state index contributed by atoms with van der Waals surface area (Å²) < 4.78 is 0. The number of carbonyl (C=O) groups excluding carboxylic acids is 1. The summed E-state index contributed by atoms with van der Waals surface area (Å²) in [6.45, 7) is 11.4. The number of hydrogen-bond acceptors (Lipinski definition) is 4. The van der Waals surface area contributed by atoms with Crippen LogP contribution in [0.2, 0.25) is 0 Å². The van der Waals surface area contributed by atoms with E-state index < -0.39 is 0 Å². The molecule has 0 aromatic heterocycles. The highest BCUT2D eigenvalue weighted by Gasteiger charge is 2.50. The molecule has 1 amide bonds. The maximum atomic E-state index is 13.8. The van der Waals surface area contributed by atoms with Crippen LogP contribution in [-0.4, -0.2) is 83.7 Å². The van der Waals surface area contributed by atoms with Gasteiger partial charge in [0.25, 0.3) is 0 Å². The minimum atomic E-state index is -0.111. The molecular weight excluding hydrogens is 398 g/mol. The summed E-state index contributed by atoms with van der Waals surface area (Å²) in [5.41, 5.74) is 0.590. The highest BCUT2D eigenvalue weighted by molar-refractivity contribution is 5.80. The van der Waals surface area contributed by atoms with Gasteiger partial charge in [0.2, 0.25) is 5.91 Å². The Bertz CT molecular complexity index is 614. The Morgan fingerprint density at radius 3 is 2.19 bits per heavy atom. The minimum absolute atomic E-state index is 0.111. The summed E-state index contributed by atoms with van der Waals surface area (Å²) in [6.07, 6.45) is 13.5. The molecule has 1 saturated carbocycles. The maximum absolute atomic E-state index is 13.8. The lowest BCUT2D eigenvalue weighted by Crippen LogP contribution is -2.60. The molecule has 4 fully saturated rings. The summed E-state index contributed by atoms with van der Waals surface area (Å²) >= 11 is 0. The number of amides is 1. The predicted octanol–water partition coefficient (Wildman–Crippen LogP) is 4.14. The van der Waals surface area contributed by atoms with E-state index in [0.717, 1.165) is 45.2 Å². The van der Waals surface area contributed by atoms with Crippen molar-refractivity contribution in [3.8, 4) is 0 Å². The molecule has 0 aromatic rings. The Morgan fingerprint density at radius 2 is 1.56 bits per heavy atom. The molecule has 1 spiro atoms. The lowest BCUT2D eigenvalue weighted by molar-refractivity contribution is -0.152. The molecule has 0 aromatic carbocycles. The van der Waals surface area contributed by atoms with E-state index in [0.29, 0.717) is 17.4 Å². The average Bonchev–Trinajstić information content (AvgIpc) is 2.80. The minimum Gasteiger partial charge on any atom is -0.393 e. The van der Waals surface area contributed by atoms with Crippen LogP contribution in [0.15, 0.2) is 0 Å². The van der Waals surface area contributed by atoms with Gasteiger partial charge in [-0.2, -0.15) is 0 Å². The Morgan fingerprint density at radius 1 is 0.938 bits per heavy atom. The Kier molecular flexibility index (Phi) is 7.89. The SMILES string of the molecule is CCCCC1C(=O)N(C[C@H]2CC[C@H](O)CC2)CCC12CCN(C1(C)CCN(C)CC1)CC2. The molecule has 0 radical (unpaired) electrons. The van der Waals surface area contributed by atoms with Crippen LogP contribution in [0.1, 0.15) is 90.9 Å². The average molecular weight is 448 g/mol. The van der Waals surface area contributed by atoms with Crippen LogP contribution in [0.5, 0.6) is 0 Å². The van der Waals surface area contributed by atoms with Crippen molar-refractivity contribution in [3.05, 3.63) is 0 Å². The van der Waals surface area contributed by atoms with Crippen LogP contribution >= 0.6 is 0 Å². The monoisotopic (exact) mass is 447 g/mol. The molecular formula is C27H49N3O2. The molecule has 4 aliphatic rings. The quantitative estimate of drug-likeness (QED) is 0.665. The fourth-order valence-corrected chi connectivity index (χ4v) is 7.29. The second-order valence-corrected chi connectivity index (χ2v) is 12.1. The molecule has 5 heteroatoms. The zero-order valence-corrected chi connectivity index (χ0v) is 21.2. The third kappa shape index (κ3) is 5.20. The first kappa shape index (κ1) is 24.5. The van der Waals surface area contributed by atoms with Crippen LogP contribution in [0, 0.1) is 17.3 Å². The van der Waals surface area contributed by atoms with Crippen molar-refractivity contribution in [2.75, 3.05) is 46.3 Å². The largest absolute Gasteiger partial charge is 0.393 e. The molecule has 1 aliphatic carbocycles. The molecule has 3 heterocycles. The fraction of sp³-hybridized carbons (Fsp3) is 0.963. The molecule has 184 valence electrons. The topological polar surface area (TPSA) is 47.0 Å². The molecule has 3 aliphatic heterocycles. The van der Waals surface area contributed by atoms with E-state index in [2.05, 4.69) is 35.6 Å². The molecule has 0 bridgehead atoms. The van der Waals surface area contributed by atoms with Gasteiger partial charge >= 0.3 is 0 Å². The van der Waals surface area contributed by atoms with Crippen LogP contribution in [0.4, 0.5) is 0 Å². The van der Waals surface area contributed by atoms with Crippen LogP contribution < -0.4 is 0 Å². The first-order valence-electron chi connectivity index (χ1n) is 13.8. The molecule has 1 N–H and O–H groups in total. The molecule has 5 nitrogen and oxygen atoms in total. The van der Waals surface area contributed by atoms with Gasteiger partial charge in [0.05, 0.1) is 6.10 Å². The van der Waals surface area contributed by atoms with E-state index in [-0.39, 0.29) is 17.4 Å². The summed E-state index contributed by atoms with van der Waals surface area (Å²) in [7, 11) is 2.25. The van der Waals surface area contributed by atoms with Gasteiger partial charge in [0.15, 0.2) is 0 Å². The van der Waals surface area contributed by atoms with E-state index in [9.17, 15) is 9.90 Å². The number of piperidine rings is 3. The number of carbonyl (C=O) groups is 1. The summed E-state index contributed by atoms with van der Waals surface area (Å²) in [5.74, 6) is 1.29. The van der Waals surface area contributed by atoms with E-state index in [1.165, 1.54) is 71.1 Å². The fourth-order valence-electron chi connectivity index (χ4n) is 7.29. The smallest absolute Gasteiger partial charge is 0.226 e. The summed E-state index contributed by atoms with van der Waals surface area (Å²) in [6, 6.07) is 0. The summed E-state index contributed by atoms with van der Waals surface area (Å²) in [5, 5.41) is 9.85. The normalized spacial score (nSPS) is 34.2. The van der Waals surface area contributed by atoms with Crippen molar-refractivity contribution >= 4 is 5.91 Å². The van der Waals surface area contributed by atoms with Gasteiger partial charge < -0.3 is 14.9 Å². The molecule has 4 rings (SSSR count). The van der Waals surface area contributed by atoms with E-state index >= 15 is 0 Å². The van der Waals surface area contributed by atoms with Crippen molar-refractivity contribution in [2.24, 2.45) is 17.3 Å². The maximum Gasteiger partial charge on any atom is 0.226 e. The molecule has 3 saturated heterocycles. The number of likely N-dealkylation sites (tertiary alicyclic amines) is 3. The first-order chi connectivity index (χ1) is 15.3. The number of hydrogen-bond donors (Lipinski definition) is 1. The third-order valence-electron chi connectivity index (χ3n) is 9.96. The number of aliphatic hydroxyl groups is 1. The van der Waals surface area contributed by atoms with Crippen molar-refractivity contribution in [2.45, 2.75) is 103 Å². The zero-order valence-electron chi connectivity index (χ0n) is 21.2. The van der Waals surface area contributed by atoms with E-state index in [1.54, 1.807) is 0 Å². The Balaban J connectivity index is 1.39. The van der Waals surface area contributed by atoms with E-state index in [4.69, 9.17) is 0 Å². The summed E-state index contributed by atoms with van der Waals surface area (Å²) in [4.78, 5) is 21.3. The number of rotatable bonds is 6. The number of nitrogens with zero attached hydrogens (tertiary/aromatic N) is 3. The van der Waals surface area contributed by atoms with Gasteiger partial charge in [-0.25, -0.2) is 0 Å². The van der Waals surface area contributed by atoms with Crippen LogP contribution in [0.25, 0.3) is 0 Å². The number of unbranched alkanes of at least 4 members (excludes halogenated alkanes) is 1. The second-order valence-electron chi connectivity index (χ2n) is 12.1. The lowest BCUT2D eigenvalue weighted by atomic mass is 9.62. The van der Waals surface area contributed by atoms with Gasteiger partial charge in [-0.15, -0.1) is 0 Å². The van der Waals surface area contributed by atoms with Gasteiger partial charge in [-0.1, -0.05) is 19.8 Å². The molecule has 1 atom stereocenters. The van der Waals surface area contributed by atoms with Gasteiger partial charge in [0.1, 0.15) is 0 Å². The Labute approximate surface area is 196 Å². The first-order valence-corrected chi connectivity index (χ1v) is 13.8. The number of aliphatic hydroxyl groups excluding tert-OH is 1.